The van der Waals surface area contributed by atoms with Gasteiger partial charge in [-0.25, -0.2) is 0 Å². The van der Waals surface area contributed by atoms with E-state index in [0.29, 0.717) is 19.1 Å². The first-order valence-electron chi connectivity index (χ1n) is 6.06. The number of ether oxygens (including phenoxy) is 1. The SMILES string of the molecule is CC(C)COCCCNC(=O)C(C)C(C)N.Cl. The molecule has 104 valence electrons. The van der Waals surface area contributed by atoms with Gasteiger partial charge in [0.15, 0.2) is 0 Å². The van der Waals surface area contributed by atoms with Crippen molar-refractivity contribution < 1.29 is 9.53 Å². The van der Waals surface area contributed by atoms with Crippen molar-refractivity contribution in [2.75, 3.05) is 19.8 Å². The van der Waals surface area contributed by atoms with E-state index in [2.05, 4.69) is 19.2 Å². The molecule has 2 atom stereocenters. The predicted molar refractivity (Wildman–Crippen MR) is 73.3 cm³/mol. The molecule has 0 heterocycles. The number of carbonyl (C=O) groups is 1. The molecule has 2 unspecified atom stereocenters. The monoisotopic (exact) mass is 266 g/mol. The number of hydrogen-bond acceptors (Lipinski definition) is 3. The molecule has 0 bridgehead atoms. The Labute approximate surface area is 111 Å². The van der Waals surface area contributed by atoms with Gasteiger partial charge >= 0.3 is 0 Å². The van der Waals surface area contributed by atoms with Crippen LogP contribution in [0.5, 0.6) is 0 Å². The second-order valence-corrected chi connectivity index (χ2v) is 4.76. The van der Waals surface area contributed by atoms with Crippen LogP contribution in [-0.2, 0) is 9.53 Å². The topological polar surface area (TPSA) is 64.3 Å². The van der Waals surface area contributed by atoms with Crippen LogP contribution in [0.15, 0.2) is 0 Å². The first-order valence-corrected chi connectivity index (χ1v) is 6.06. The second kappa shape index (κ2) is 10.8. The van der Waals surface area contributed by atoms with E-state index in [-0.39, 0.29) is 30.3 Å². The van der Waals surface area contributed by atoms with Gasteiger partial charge < -0.3 is 15.8 Å². The molecule has 0 aromatic rings. The number of halogens is 1. The Morgan fingerprint density at radius 1 is 1.29 bits per heavy atom. The molecule has 5 heteroatoms. The lowest BCUT2D eigenvalue weighted by Gasteiger charge is -2.15. The maximum Gasteiger partial charge on any atom is 0.224 e. The van der Waals surface area contributed by atoms with Crippen molar-refractivity contribution in [2.45, 2.75) is 40.2 Å². The van der Waals surface area contributed by atoms with Crippen molar-refractivity contribution >= 4 is 18.3 Å². The molecule has 0 fully saturated rings. The van der Waals surface area contributed by atoms with Crippen molar-refractivity contribution in [2.24, 2.45) is 17.6 Å². The van der Waals surface area contributed by atoms with Crippen LogP contribution < -0.4 is 11.1 Å². The Kier molecular flexibility index (Phi) is 12.1. The fourth-order valence-electron chi connectivity index (χ4n) is 1.10. The molecule has 0 radical (unpaired) electrons. The highest BCUT2D eigenvalue weighted by atomic mass is 35.5. The lowest BCUT2D eigenvalue weighted by Crippen LogP contribution is -2.39. The Balaban J connectivity index is 0. The quantitative estimate of drug-likeness (QED) is 0.656. The summed E-state index contributed by atoms with van der Waals surface area (Å²) in [5.41, 5.74) is 5.64. The molecule has 0 aliphatic carbocycles. The second-order valence-electron chi connectivity index (χ2n) is 4.76. The molecule has 0 spiro atoms. The summed E-state index contributed by atoms with van der Waals surface area (Å²) in [5.74, 6) is 0.461. The molecular weight excluding hydrogens is 240 g/mol. The minimum atomic E-state index is -0.128. The highest BCUT2D eigenvalue weighted by Crippen LogP contribution is 1.99. The fourth-order valence-corrected chi connectivity index (χ4v) is 1.10. The highest BCUT2D eigenvalue weighted by molar-refractivity contribution is 5.85. The largest absolute Gasteiger partial charge is 0.381 e. The van der Waals surface area contributed by atoms with Gasteiger partial charge in [0.2, 0.25) is 5.91 Å². The van der Waals surface area contributed by atoms with Crippen LogP contribution >= 0.6 is 12.4 Å². The molecule has 0 aromatic carbocycles. The molecule has 17 heavy (non-hydrogen) atoms. The van der Waals surface area contributed by atoms with Gasteiger partial charge in [0.1, 0.15) is 0 Å². The molecule has 4 nitrogen and oxygen atoms in total. The van der Waals surface area contributed by atoms with Crippen molar-refractivity contribution in [3.05, 3.63) is 0 Å². The number of nitrogens with two attached hydrogens (primary N) is 1. The molecule has 1 amide bonds. The number of carbonyl (C=O) groups excluding carboxylic acids is 1. The van der Waals surface area contributed by atoms with E-state index in [4.69, 9.17) is 10.5 Å². The average molecular weight is 267 g/mol. The third-order valence-electron chi connectivity index (χ3n) is 2.42. The Hall–Kier alpha value is -0.320. The van der Waals surface area contributed by atoms with Crippen LogP contribution in [0.2, 0.25) is 0 Å². The van der Waals surface area contributed by atoms with Crippen LogP contribution in [-0.4, -0.2) is 31.7 Å². The van der Waals surface area contributed by atoms with Gasteiger partial charge in [-0.15, -0.1) is 12.4 Å². The summed E-state index contributed by atoms with van der Waals surface area (Å²) in [6.45, 7) is 10.1. The van der Waals surface area contributed by atoms with E-state index in [1.165, 1.54) is 0 Å². The zero-order valence-electron chi connectivity index (χ0n) is 11.4. The lowest BCUT2D eigenvalue weighted by molar-refractivity contribution is -0.124. The van der Waals surface area contributed by atoms with Gasteiger partial charge in [0.25, 0.3) is 0 Å². The lowest BCUT2D eigenvalue weighted by atomic mass is 10.0. The van der Waals surface area contributed by atoms with Crippen LogP contribution in [0.25, 0.3) is 0 Å². The molecule has 0 aliphatic heterocycles. The summed E-state index contributed by atoms with van der Waals surface area (Å²) in [6, 6.07) is -0.0998. The van der Waals surface area contributed by atoms with E-state index in [1.54, 1.807) is 0 Å². The minimum absolute atomic E-state index is 0. The van der Waals surface area contributed by atoms with Gasteiger partial charge in [-0.2, -0.15) is 0 Å². The van der Waals surface area contributed by atoms with Crippen LogP contribution in [0.1, 0.15) is 34.1 Å². The summed E-state index contributed by atoms with van der Waals surface area (Å²) < 4.78 is 5.41. The van der Waals surface area contributed by atoms with E-state index >= 15 is 0 Å². The molecular formula is C12H27ClN2O2. The minimum Gasteiger partial charge on any atom is -0.381 e. The van der Waals surface area contributed by atoms with Gasteiger partial charge in [0, 0.05) is 31.7 Å². The number of hydrogen-bond donors (Lipinski definition) is 2. The summed E-state index contributed by atoms with van der Waals surface area (Å²) in [5, 5.41) is 2.85. The molecule has 0 aliphatic rings. The summed E-state index contributed by atoms with van der Waals surface area (Å²) in [7, 11) is 0. The molecule has 0 rings (SSSR count). The molecule has 3 N–H and O–H groups in total. The Morgan fingerprint density at radius 3 is 2.35 bits per heavy atom. The van der Waals surface area contributed by atoms with Gasteiger partial charge in [-0.1, -0.05) is 20.8 Å². The van der Waals surface area contributed by atoms with Crippen molar-refractivity contribution in [1.29, 1.82) is 0 Å². The molecule has 0 aromatic heterocycles. The third kappa shape index (κ3) is 10.5. The maximum absolute atomic E-state index is 11.5. The number of amides is 1. The van der Waals surface area contributed by atoms with Crippen LogP contribution in [0, 0.1) is 11.8 Å². The maximum atomic E-state index is 11.5. The van der Waals surface area contributed by atoms with Crippen LogP contribution in [0.3, 0.4) is 0 Å². The van der Waals surface area contributed by atoms with Crippen molar-refractivity contribution in [3.63, 3.8) is 0 Å². The zero-order chi connectivity index (χ0) is 12.6. The van der Waals surface area contributed by atoms with E-state index in [0.717, 1.165) is 13.0 Å². The van der Waals surface area contributed by atoms with E-state index < -0.39 is 0 Å². The average Bonchev–Trinajstić information content (AvgIpc) is 2.21. The zero-order valence-corrected chi connectivity index (χ0v) is 12.2. The van der Waals surface area contributed by atoms with Crippen LogP contribution in [0.4, 0.5) is 0 Å². The summed E-state index contributed by atoms with van der Waals surface area (Å²) >= 11 is 0. The smallest absolute Gasteiger partial charge is 0.224 e. The normalized spacial score (nSPS) is 14.0. The molecule has 0 saturated carbocycles. The first-order chi connectivity index (χ1) is 7.45. The number of rotatable bonds is 8. The van der Waals surface area contributed by atoms with Crippen molar-refractivity contribution in [1.82, 2.24) is 5.32 Å². The molecule has 0 saturated heterocycles. The summed E-state index contributed by atoms with van der Waals surface area (Å²) in [4.78, 5) is 11.5. The fraction of sp³-hybridized carbons (Fsp3) is 0.917. The number of nitrogens with one attached hydrogen (secondary N) is 1. The third-order valence-corrected chi connectivity index (χ3v) is 2.42. The predicted octanol–water partition coefficient (Wildman–Crippen LogP) is 1.57. The van der Waals surface area contributed by atoms with E-state index in [9.17, 15) is 4.79 Å². The van der Waals surface area contributed by atoms with Gasteiger partial charge in [-0.05, 0) is 19.3 Å². The Morgan fingerprint density at radius 2 is 1.88 bits per heavy atom. The first kappa shape index (κ1) is 19.0. The van der Waals surface area contributed by atoms with Gasteiger partial charge in [0.05, 0.1) is 0 Å². The highest BCUT2D eigenvalue weighted by Gasteiger charge is 2.15. The van der Waals surface area contributed by atoms with E-state index in [1.807, 2.05) is 13.8 Å². The standard InChI is InChI=1S/C12H26N2O2.ClH/c1-9(2)8-16-7-5-6-14-12(15)10(3)11(4)13;/h9-11H,5-8,13H2,1-4H3,(H,14,15);1H. The Bertz CT molecular complexity index is 199. The van der Waals surface area contributed by atoms with Crippen molar-refractivity contribution in [3.8, 4) is 0 Å². The van der Waals surface area contributed by atoms with Gasteiger partial charge in [-0.3, -0.25) is 4.79 Å². The summed E-state index contributed by atoms with van der Waals surface area (Å²) in [6.07, 6.45) is 0.851.